The lowest BCUT2D eigenvalue weighted by Gasteiger charge is -2.37. The van der Waals surface area contributed by atoms with Crippen LogP contribution in [0.3, 0.4) is 0 Å². The molecule has 0 heterocycles. The zero-order valence-corrected chi connectivity index (χ0v) is 38.9. The van der Waals surface area contributed by atoms with Gasteiger partial charge in [0.05, 0.1) is 11.1 Å². The Morgan fingerprint density at radius 2 is 1.27 bits per heavy atom. The maximum absolute atomic E-state index is 2.57. The number of allylic oxidation sites excluding steroid dienone is 8. The summed E-state index contributed by atoms with van der Waals surface area (Å²) in [5, 5.41) is 5.02. The van der Waals surface area contributed by atoms with E-state index in [1.165, 1.54) is 109 Å². The smallest absolute Gasteiger partial charge is 0.0677 e. The van der Waals surface area contributed by atoms with Crippen LogP contribution >= 0.6 is 0 Å². The number of nitrogens with zero attached hydrogens (tertiary/aromatic N) is 1. The Bertz CT molecular complexity index is 3280. The summed E-state index contributed by atoms with van der Waals surface area (Å²) in [5.74, 6) is 0. The summed E-state index contributed by atoms with van der Waals surface area (Å²) in [6.45, 7) is 8.53. The van der Waals surface area contributed by atoms with Crippen LogP contribution in [0.5, 0.6) is 0 Å². The van der Waals surface area contributed by atoms with Crippen molar-refractivity contribution in [3.05, 3.63) is 239 Å². The summed E-state index contributed by atoms with van der Waals surface area (Å²) < 4.78 is 0. The fourth-order valence-electron chi connectivity index (χ4n) is 12.7. The van der Waals surface area contributed by atoms with Crippen molar-refractivity contribution in [2.75, 3.05) is 4.90 Å². The van der Waals surface area contributed by atoms with Gasteiger partial charge in [-0.2, -0.15) is 0 Å². The molecule has 1 nitrogen and oxygen atoms in total. The topological polar surface area (TPSA) is 3.24 Å². The van der Waals surface area contributed by atoms with Gasteiger partial charge in [-0.3, -0.25) is 0 Å². The van der Waals surface area contributed by atoms with Gasteiger partial charge in [0.25, 0.3) is 0 Å². The summed E-state index contributed by atoms with van der Waals surface area (Å²) >= 11 is 0. The highest BCUT2D eigenvalue weighted by atomic mass is 15.1. The number of anilines is 3. The van der Waals surface area contributed by atoms with Crippen LogP contribution < -0.4 is 4.90 Å². The molecule has 4 aliphatic rings. The molecule has 0 radical (unpaired) electrons. The number of benzene rings is 8. The van der Waals surface area contributed by atoms with E-state index in [9.17, 15) is 0 Å². The van der Waals surface area contributed by atoms with E-state index in [0.717, 1.165) is 30.6 Å². The predicted molar refractivity (Wildman–Crippen MR) is 283 cm³/mol. The Morgan fingerprint density at radius 1 is 0.591 bits per heavy atom. The van der Waals surface area contributed by atoms with Gasteiger partial charge in [-0.25, -0.2) is 0 Å². The van der Waals surface area contributed by atoms with Crippen molar-refractivity contribution < 1.29 is 0 Å². The lowest BCUT2D eigenvalue weighted by atomic mass is 9.65. The number of hydrogen-bond acceptors (Lipinski definition) is 1. The minimum absolute atomic E-state index is 0.0623. The second kappa shape index (κ2) is 17.1. The Balaban J connectivity index is 0.00000238. The van der Waals surface area contributed by atoms with Gasteiger partial charge in [0, 0.05) is 22.2 Å². The molecule has 1 spiro atoms. The van der Waals surface area contributed by atoms with Crippen LogP contribution in [0, 0.1) is 0 Å². The molecule has 0 bridgehead atoms. The van der Waals surface area contributed by atoms with Gasteiger partial charge in [-0.15, -0.1) is 0 Å². The SMILES string of the molecule is C/C=C\C1=C(CC)c2cccc(-c3cccc(N(c4ccc5c(c4)C(C4=CC=CCC4)(c4ccccc4)c4ccccc4-5)c4cc5ccccc5c5ccccc45)c3)c2C12CCCC2.CC. The van der Waals surface area contributed by atoms with Crippen molar-refractivity contribution >= 4 is 44.2 Å². The van der Waals surface area contributed by atoms with Gasteiger partial charge in [0.15, 0.2) is 0 Å². The molecule has 0 N–H and O–H groups in total. The monoisotopic (exact) mass is 853 g/mol. The van der Waals surface area contributed by atoms with E-state index in [0.29, 0.717) is 0 Å². The van der Waals surface area contributed by atoms with Crippen molar-refractivity contribution in [1.82, 2.24) is 0 Å². The molecule has 0 saturated heterocycles. The zero-order valence-electron chi connectivity index (χ0n) is 38.9. The molecule has 8 aromatic rings. The highest BCUT2D eigenvalue weighted by Gasteiger charge is 2.48. The first-order chi connectivity index (χ1) is 32.7. The molecule has 0 aliphatic heterocycles. The van der Waals surface area contributed by atoms with Crippen molar-refractivity contribution in [1.29, 1.82) is 0 Å². The first-order valence-corrected chi connectivity index (χ1v) is 24.6. The van der Waals surface area contributed by atoms with Gasteiger partial charge in [-0.1, -0.05) is 209 Å². The standard InChI is InChI=1S/C63H53N.C2H6/c1-3-21-57-49(4-2)56-34-20-33-51(61(56)62(57)38-17-18-39-62)43-23-19-28-47(40-43)64(60-41-44-22-11-12-29-50(44)52-30-13-14-32-55(52)60)48-36-37-54-53-31-15-16-35-58(53)63(59(54)42-48,45-24-7-5-8-25-45)46-26-9-6-10-27-46;1-2/h3,5-9,11-16,19-26,28-37,40-42H,4,10,17-18,27,38-39H2,1-2H3;1-2H3/b21-3-;. The van der Waals surface area contributed by atoms with E-state index >= 15 is 0 Å². The van der Waals surface area contributed by atoms with E-state index in [4.69, 9.17) is 0 Å². The van der Waals surface area contributed by atoms with Crippen LogP contribution in [-0.4, -0.2) is 0 Å². The number of fused-ring (bicyclic) bond motifs is 8. The third-order valence-electron chi connectivity index (χ3n) is 15.2. The van der Waals surface area contributed by atoms with E-state index in [1.807, 2.05) is 13.8 Å². The Morgan fingerprint density at radius 3 is 2.06 bits per heavy atom. The second-order valence-electron chi connectivity index (χ2n) is 18.4. The minimum Gasteiger partial charge on any atom is -0.310 e. The molecule has 0 aromatic heterocycles. The molecule has 1 atom stereocenters. The van der Waals surface area contributed by atoms with E-state index < -0.39 is 5.41 Å². The molecule has 1 unspecified atom stereocenters. The van der Waals surface area contributed by atoms with Crippen molar-refractivity contribution in [3.8, 4) is 22.3 Å². The van der Waals surface area contributed by atoms with Gasteiger partial charge >= 0.3 is 0 Å². The molecule has 12 rings (SSSR count). The molecule has 324 valence electrons. The molecule has 1 saturated carbocycles. The van der Waals surface area contributed by atoms with Gasteiger partial charge in [0.1, 0.15) is 0 Å². The van der Waals surface area contributed by atoms with E-state index in [-0.39, 0.29) is 5.41 Å². The highest BCUT2D eigenvalue weighted by Crippen LogP contribution is 2.61. The minimum atomic E-state index is -0.429. The summed E-state index contributed by atoms with van der Waals surface area (Å²) in [6.07, 6.45) is 19.8. The highest BCUT2D eigenvalue weighted by molar-refractivity contribution is 6.14. The van der Waals surface area contributed by atoms with Crippen LogP contribution in [-0.2, 0) is 10.8 Å². The van der Waals surface area contributed by atoms with Crippen LogP contribution in [0.2, 0.25) is 0 Å². The fourth-order valence-corrected chi connectivity index (χ4v) is 12.7. The molecule has 66 heavy (non-hydrogen) atoms. The first-order valence-electron chi connectivity index (χ1n) is 24.6. The van der Waals surface area contributed by atoms with Crippen LogP contribution in [0.25, 0.3) is 49.4 Å². The summed E-state index contributed by atoms with van der Waals surface area (Å²) in [7, 11) is 0. The summed E-state index contributed by atoms with van der Waals surface area (Å²) in [4.78, 5) is 2.57. The molecule has 1 fully saturated rings. The third kappa shape index (κ3) is 6.27. The van der Waals surface area contributed by atoms with Crippen molar-refractivity contribution in [2.45, 2.75) is 83.5 Å². The quantitative estimate of drug-likeness (QED) is 0.138. The largest absolute Gasteiger partial charge is 0.310 e. The van der Waals surface area contributed by atoms with Crippen LogP contribution in [0.4, 0.5) is 17.1 Å². The van der Waals surface area contributed by atoms with E-state index in [2.05, 4.69) is 219 Å². The second-order valence-corrected chi connectivity index (χ2v) is 18.4. The fraction of sp³-hybridized carbons (Fsp3) is 0.200. The Labute approximate surface area is 392 Å². The van der Waals surface area contributed by atoms with Crippen LogP contribution in [0.15, 0.2) is 211 Å². The van der Waals surface area contributed by atoms with Crippen LogP contribution in [0.1, 0.15) is 100 Å². The van der Waals surface area contributed by atoms with Crippen molar-refractivity contribution in [2.24, 2.45) is 0 Å². The average molecular weight is 854 g/mol. The molecule has 1 heteroatoms. The van der Waals surface area contributed by atoms with Crippen molar-refractivity contribution in [3.63, 3.8) is 0 Å². The Kier molecular flexibility index (Phi) is 10.8. The normalized spacial score (nSPS) is 17.8. The summed E-state index contributed by atoms with van der Waals surface area (Å²) in [5.41, 5.74) is 20.0. The van der Waals surface area contributed by atoms with Gasteiger partial charge in [-0.05, 0) is 147 Å². The molecule has 4 aliphatic carbocycles. The Hall–Kier alpha value is -6.96. The van der Waals surface area contributed by atoms with Gasteiger partial charge < -0.3 is 4.90 Å². The molecule has 0 amide bonds. The van der Waals surface area contributed by atoms with Gasteiger partial charge in [0.2, 0.25) is 0 Å². The predicted octanol–water partition coefficient (Wildman–Crippen LogP) is 18.3. The summed E-state index contributed by atoms with van der Waals surface area (Å²) in [6, 6.07) is 64.8. The lowest BCUT2D eigenvalue weighted by Crippen LogP contribution is -2.30. The molecular formula is C65H59N. The first kappa shape index (κ1) is 41.7. The zero-order chi connectivity index (χ0) is 44.8. The molecular weight excluding hydrogens is 795 g/mol. The van der Waals surface area contributed by atoms with E-state index in [1.54, 1.807) is 11.1 Å². The number of hydrogen-bond donors (Lipinski definition) is 0. The maximum Gasteiger partial charge on any atom is 0.0677 e. The number of rotatable bonds is 8. The molecule has 8 aromatic carbocycles. The maximum atomic E-state index is 2.57. The lowest BCUT2D eigenvalue weighted by molar-refractivity contribution is 0.546. The third-order valence-corrected chi connectivity index (χ3v) is 15.2. The average Bonchev–Trinajstić information content (AvgIpc) is 4.07.